The number of nitrogen functional groups attached to an aromatic ring is 1. The number of carbonyl (C=O) groups is 1. The van der Waals surface area contributed by atoms with E-state index in [9.17, 15) is 9.90 Å². The van der Waals surface area contributed by atoms with E-state index in [1.807, 2.05) is 13.8 Å². The van der Waals surface area contributed by atoms with Crippen molar-refractivity contribution in [2.75, 3.05) is 5.73 Å². The van der Waals surface area contributed by atoms with Crippen molar-refractivity contribution in [3.05, 3.63) is 11.3 Å². The second-order valence-electron chi connectivity index (χ2n) is 4.27. The Morgan fingerprint density at radius 1 is 1.56 bits per heavy atom. The first-order valence-electron chi connectivity index (χ1n) is 5.18. The molecule has 0 bridgehead atoms. The molecule has 0 fully saturated rings. The normalized spacial score (nSPS) is 16.4. The fourth-order valence-electron chi connectivity index (χ4n) is 1.94. The Morgan fingerprint density at radius 3 is 2.75 bits per heavy atom. The Bertz CT molecular complexity index is 428. The molecule has 6 heteroatoms. The number of rotatable bonds is 3. The van der Waals surface area contributed by atoms with E-state index in [1.165, 1.54) is 4.68 Å². The number of anilines is 1. The van der Waals surface area contributed by atoms with Gasteiger partial charge >= 0.3 is 5.97 Å². The van der Waals surface area contributed by atoms with Crippen LogP contribution in [0, 0.1) is 5.92 Å². The van der Waals surface area contributed by atoms with Gasteiger partial charge in [-0.15, -0.1) is 0 Å². The van der Waals surface area contributed by atoms with Gasteiger partial charge in [-0.25, -0.2) is 9.48 Å². The molecule has 0 radical (unpaired) electrons. The quantitative estimate of drug-likeness (QED) is 0.838. The van der Waals surface area contributed by atoms with Crippen LogP contribution in [-0.4, -0.2) is 20.9 Å². The molecule has 1 aliphatic rings. The average Bonchev–Trinajstić information content (AvgIpc) is 2.71. The van der Waals surface area contributed by atoms with E-state index in [-0.39, 0.29) is 5.92 Å². The van der Waals surface area contributed by atoms with E-state index in [0.717, 1.165) is 22.8 Å². The molecule has 1 aromatic rings. The summed E-state index contributed by atoms with van der Waals surface area (Å²) >= 11 is 1.76. The number of fused-ring (bicyclic) bond motifs is 1. The predicted molar refractivity (Wildman–Crippen MR) is 63.1 cm³/mol. The van der Waals surface area contributed by atoms with Crippen LogP contribution in [0.3, 0.4) is 0 Å². The summed E-state index contributed by atoms with van der Waals surface area (Å²) in [7, 11) is 0. The van der Waals surface area contributed by atoms with Crippen molar-refractivity contribution in [3.63, 3.8) is 0 Å². The number of aromatic nitrogens is 2. The number of hydrogen-bond acceptors (Lipinski definition) is 4. The van der Waals surface area contributed by atoms with E-state index >= 15 is 0 Å². The average molecular weight is 241 g/mol. The van der Waals surface area contributed by atoms with Gasteiger partial charge in [0.1, 0.15) is 5.82 Å². The third-order valence-corrected chi connectivity index (χ3v) is 3.74. The minimum absolute atomic E-state index is 0.0347. The van der Waals surface area contributed by atoms with E-state index in [0.29, 0.717) is 5.82 Å². The third kappa shape index (κ3) is 1.67. The summed E-state index contributed by atoms with van der Waals surface area (Å²) in [6.07, 6.45) is 0. The molecule has 2 heterocycles. The van der Waals surface area contributed by atoms with Crippen molar-refractivity contribution in [2.24, 2.45) is 5.92 Å². The van der Waals surface area contributed by atoms with Crippen LogP contribution in [0.4, 0.5) is 5.82 Å². The Kier molecular flexibility index (Phi) is 2.84. The van der Waals surface area contributed by atoms with Crippen molar-refractivity contribution in [2.45, 2.75) is 31.4 Å². The Balaban J connectivity index is 2.43. The van der Waals surface area contributed by atoms with Crippen LogP contribution in [0.5, 0.6) is 0 Å². The summed E-state index contributed by atoms with van der Waals surface area (Å²) in [5.41, 5.74) is 7.91. The third-order valence-electron chi connectivity index (χ3n) is 2.77. The van der Waals surface area contributed by atoms with Crippen molar-refractivity contribution >= 4 is 23.5 Å². The maximum atomic E-state index is 11.2. The van der Waals surface area contributed by atoms with Crippen molar-refractivity contribution in [1.82, 2.24) is 9.78 Å². The molecule has 1 aromatic heterocycles. The summed E-state index contributed by atoms with van der Waals surface area (Å²) in [6, 6.07) is -0.671. The van der Waals surface area contributed by atoms with E-state index < -0.39 is 12.0 Å². The number of carboxylic acids is 1. The summed E-state index contributed by atoms with van der Waals surface area (Å²) in [6.45, 7) is 3.72. The van der Waals surface area contributed by atoms with Gasteiger partial charge in [0, 0.05) is 17.1 Å². The lowest BCUT2D eigenvalue weighted by molar-refractivity contribution is -0.142. The number of carboxylic acid groups (broad SMARTS) is 1. The van der Waals surface area contributed by atoms with Gasteiger partial charge < -0.3 is 10.8 Å². The monoisotopic (exact) mass is 241 g/mol. The predicted octanol–water partition coefficient (Wildman–Crippen LogP) is 1.49. The van der Waals surface area contributed by atoms with Crippen LogP contribution in [0.15, 0.2) is 0 Å². The minimum Gasteiger partial charge on any atom is -0.480 e. The molecule has 16 heavy (non-hydrogen) atoms. The molecular formula is C10H15N3O2S. The molecule has 1 aliphatic heterocycles. The molecule has 0 saturated carbocycles. The van der Waals surface area contributed by atoms with Crippen LogP contribution in [0.1, 0.15) is 31.1 Å². The number of nitrogens with two attached hydrogens (primary N) is 1. The van der Waals surface area contributed by atoms with Gasteiger partial charge in [-0.2, -0.15) is 16.9 Å². The Hall–Kier alpha value is -1.17. The fraction of sp³-hybridized carbons (Fsp3) is 0.600. The van der Waals surface area contributed by atoms with Crippen LogP contribution >= 0.6 is 11.8 Å². The fourth-order valence-corrected chi connectivity index (χ4v) is 2.98. The van der Waals surface area contributed by atoms with Crippen molar-refractivity contribution < 1.29 is 9.90 Å². The van der Waals surface area contributed by atoms with Gasteiger partial charge in [-0.1, -0.05) is 13.8 Å². The largest absolute Gasteiger partial charge is 0.480 e. The van der Waals surface area contributed by atoms with Gasteiger partial charge in [0.25, 0.3) is 0 Å². The molecular weight excluding hydrogens is 226 g/mol. The first-order valence-corrected chi connectivity index (χ1v) is 6.34. The number of thioether (sulfide) groups is 1. The molecule has 3 N–H and O–H groups in total. The summed E-state index contributed by atoms with van der Waals surface area (Å²) in [5, 5.41) is 13.5. The number of aliphatic carboxylic acids is 1. The lowest BCUT2D eigenvalue weighted by Gasteiger charge is -2.18. The van der Waals surface area contributed by atoms with Crippen molar-refractivity contribution in [1.29, 1.82) is 0 Å². The molecule has 5 nitrogen and oxygen atoms in total. The molecule has 0 spiro atoms. The summed E-state index contributed by atoms with van der Waals surface area (Å²) < 4.78 is 1.47. The van der Waals surface area contributed by atoms with Gasteiger partial charge in [-0.05, 0) is 5.92 Å². The zero-order valence-corrected chi connectivity index (χ0v) is 10.1. The molecule has 0 aliphatic carbocycles. The second-order valence-corrected chi connectivity index (χ2v) is 5.26. The van der Waals surface area contributed by atoms with Gasteiger partial charge in [0.15, 0.2) is 6.04 Å². The van der Waals surface area contributed by atoms with Crippen LogP contribution in [-0.2, 0) is 16.3 Å². The smallest absolute Gasteiger partial charge is 0.328 e. The maximum Gasteiger partial charge on any atom is 0.328 e. The van der Waals surface area contributed by atoms with Crippen LogP contribution < -0.4 is 5.73 Å². The molecule has 0 amide bonds. The van der Waals surface area contributed by atoms with Crippen molar-refractivity contribution in [3.8, 4) is 0 Å². The van der Waals surface area contributed by atoms with E-state index in [2.05, 4.69) is 5.10 Å². The number of nitrogens with zero attached hydrogens (tertiary/aromatic N) is 2. The topological polar surface area (TPSA) is 81.1 Å². The zero-order valence-electron chi connectivity index (χ0n) is 9.30. The van der Waals surface area contributed by atoms with Gasteiger partial charge in [-0.3, -0.25) is 0 Å². The van der Waals surface area contributed by atoms with E-state index in [4.69, 9.17) is 5.73 Å². The Morgan fingerprint density at radius 2 is 2.25 bits per heavy atom. The van der Waals surface area contributed by atoms with Gasteiger partial charge in [0.2, 0.25) is 0 Å². The molecule has 0 saturated heterocycles. The highest BCUT2D eigenvalue weighted by atomic mass is 32.2. The lowest BCUT2D eigenvalue weighted by atomic mass is 10.1. The molecule has 1 atom stereocenters. The minimum atomic E-state index is -0.879. The van der Waals surface area contributed by atoms with E-state index in [1.54, 1.807) is 11.8 Å². The van der Waals surface area contributed by atoms with Gasteiger partial charge in [0.05, 0.1) is 5.69 Å². The standard InChI is InChI=1S/C10H15N3O2S/c1-5(2)8(10(14)15)13-9(11)6-3-16-4-7(6)12-13/h5,8H,3-4,11H2,1-2H3,(H,14,15). The molecule has 1 unspecified atom stereocenters. The van der Waals surface area contributed by atoms with Crippen LogP contribution in [0.25, 0.3) is 0 Å². The molecule has 2 rings (SSSR count). The molecule has 88 valence electrons. The highest BCUT2D eigenvalue weighted by molar-refractivity contribution is 7.98. The SMILES string of the molecule is CC(C)C(C(=O)O)n1nc2c(c1N)CSC2. The first-order chi connectivity index (χ1) is 7.52. The highest BCUT2D eigenvalue weighted by Crippen LogP contribution is 2.35. The Labute approximate surface area is 98.0 Å². The zero-order chi connectivity index (χ0) is 11.9. The van der Waals surface area contributed by atoms with Crippen LogP contribution in [0.2, 0.25) is 0 Å². The molecule has 0 aromatic carbocycles. The highest BCUT2D eigenvalue weighted by Gasteiger charge is 2.30. The first kappa shape index (κ1) is 11.3. The summed E-state index contributed by atoms with van der Waals surface area (Å²) in [5.74, 6) is 1.27. The number of hydrogen-bond donors (Lipinski definition) is 2. The summed E-state index contributed by atoms with van der Waals surface area (Å²) in [4.78, 5) is 11.2. The maximum absolute atomic E-state index is 11.2. The second kappa shape index (κ2) is 4.01. The lowest BCUT2D eigenvalue weighted by Crippen LogP contribution is -2.26.